The Morgan fingerprint density at radius 3 is 2.31 bits per heavy atom. The van der Waals surface area contributed by atoms with Gasteiger partial charge in [0, 0.05) is 15.1 Å². The van der Waals surface area contributed by atoms with E-state index in [4.69, 9.17) is 27.9 Å². The van der Waals surface area contributed by atoms with Crippen molar-refractivity contribution in [3.63, 3.8) is 0 Å². The molecule has 0 bridgehead atoms. The number of carbonyl (C=O) groups is 2. The van der Waals surface area contributed by atoms with E-state index in [0.29, 0.717) is 21.9 Å². The van der Waals surface area contributed by atoms with Crippen LogP contribution < -0.4 is 10.2 Å². The van der Waals surface area contributed by atoms with Crippen molar-refractivity contribution in [3.8, 4) is 5.75 Å². The van der Waals surface area contributed by atoms with Crippen LogP contribution in [0.1, 0.15) is 26.3 Å². The largest absolute Gasteiger partial charge is 0.423 e. The number of rotatable bonds is 5. The molecule has 3 aromatic carbocycles. The molecule has 5 nitrogen and oxygen atoms in total. The predicted molar refractivity (Wildman–Crippen MR) is 117 cm³/mol. The van der Waals surface area contributed by atoms with Crippen LogP contribution in [0, 0.1) is 0 Å². The maximum Gasteiger partial charge on any atom is 0.345 e. The van der Waals surface area contributed by atoms with Crippen molar-refractivity contribution in [3.05, 3.63) is 97.9 Å². The van der Waals surface area contributed by atoms with Crippen molar-refractivity contribution in [2.24, 2.45) is 5.10 Å². The van der Waals surface area contributed by atoms with Gasteiger partial charge in [0.1, 0.15) is 5.75 Å². The fraction of sp³-hybridized carbons (Fsp3) is 0. The maximum absolute atomic E-state index is 12.2. The molecule has 1 amide bonds. The van der Waals surface area contributed by atoms with Crippen LogP contribution in [0.3, 0.4) is 0 Å². The second kappa shape index (κ2) is 9.69. The molecule has 0 saturated heterocycles. The summed E-state index contributed by atoms with van der Waals surface area (Å²) in [6.07, 6.45) is 1.48. The van der Waals surface area contributed by atoms with Crippen LogP contribution in [-0.4, -0.2) is 18.1 Å². The van der Waals surface area contributed by atoms with E-state index in [1.54, 1.807) is 54.6 Å². The summed E-state index contributed by atoms with van der Waals surface area (Å²) >= 11 is 15.1. The molecule has 0 unspecified atom stereocenters. The molecule has 0 aliphatic rings. The summed E-state index contributed by atoms with van der Waals surface area (Å²) in [6.45, 7) is 0. The number of nitrogens with one attached hydrogen (secondary N) is 1. The first kappa shape index (κ1) is 21.0. The van der Waals surface area contributed by atoms with E-state index in [1.807, 2.05) is 0 Å². The second-order valence-corrected chi connectivity index (χ2v) is 7.55. The van der Waals surface area contributed by atoms with Crippen molar-refractivity contribution >= 4 is 57.2 Å². The zero-order valence-corrected chi connectivity index (χ0v) is 17.8. The zero-order valence-electron chi connectivity index (χ0n) is 14.7. The predicted octanol–water partition coefficient (Wildman–Crippen LogP) is 5.74. The van der Waals surface area contributed by atoms with Crippen LogP contribution in [0.2, 0.25) is 10.0 Å². The Kier molecular flexibility index (Phi) is 7.04. The fourth-order valence-electron chi connectivity index (χ4n) is 2.27. The van der Waals surface area contributed by atoms with Gasteiger partial charge in [0.2, 0.25) is 0 Å². The molecular weight excluding hydrogens is 479 g/mol. The van der Waals surface area contributed by atoms with Crippen molar-refractivity contribution < 1.29 is 14.3 Å². The monoisotopic (exact) mass is 490 g/mol. The summed E-state index contributed by atoms with van der Waals surface area (Å²) in [6, 6.07) is 18.1. The van der Waals surface area contributed by atoms with Crippen molar-refractivity contribution in [1.82, 2.24) is 5.43 Å². The van der Waals surface area contributed by atoms with Gasteiger partial charge in [-0.05, 0) is 72.3 Å². The van der Waals surface area contributed by atoms with E-state index in [9.17, 15) is 9.59 Å². The molecule has 0 radical (unpaired) electrons. The number of hydrazone groups is 1. The van der Waals surface area contributed by atoms with Gasteiger partial charge in [-0.2, -0.15) is 5.10 Å². The molecule has 3 aromatic rings. The SMILES string of the molecule is O=C(N/N=C/c1ccc(OC(=O)c2ccc(Cl)cc2Cl)cc1)c1ccc(Br)cc1. The van der Waals surface area contributed by atoms with Crippen molar-refractivity contribution in [1.29, 1.82) is 0 Å². The minimum Gasteiger partial charge on any atom is -0.423 e. The van der Waals surface area contributed by atoms with E-state index < -0.39 is 5.97 Å². The Bertz CT molecular complexity index is 1070. The average Bonchev–Trinajstić information content (AvgIpc) is 2.69. The van der Waals surface area contributed by atoms with Gasteiger partial charge in [0.25, 0.3) is 5.91 Å². The molecule has 1 N–H and O–H groups in total. The lowest BCUT2D eigenvalue weighted by molar-refractivity contribution is 0.0734. The van der Waals surface area contributed by atoms with Gasteiger partial charge < -0.3 is 4.74 Å². The van der Waals surface area contributed by atoms with Crippen molar-refractivity contribution in [2.75, 3.05) is 0 Å². The Morgan fingerprint density at radius 2 is 1.66 bits per heavy atom. The lowest BCUT2D eigenvalue weighted by atomic mass is 10.2. The molecule has 0 aliphatic carbocycles. The molecule has 0 fully saturated rings. The van der Waals surface area contributed by atoms with Gasteiger partial charge in [-0.25, -0.2) is 10.2 Å². The topological polar surface area (TPSA) is 67.8 Å². The highest BCUT2D eigenvalue weighted by Crippen LogP contribution is 2.23. The molecule has 0 aromatic heterocycles. The van der Waals surface area contributed by atoms with Gasteiger partial charge in [-0.15, -0.1) is 0 Å². The van der Waals surface area contributed by atoms with E-state index in [0.717, 1.165) is 4.47 Å². The quantitative estimate of drug-likeness (QED) is 0.214. The Hall–Kier alpha value is -2.67. The Labute approximate surface area is 185 Å². The summed E-state index contributed by atoms with van der Waals surface area (Å²) < 4.78 is 6.19. The number of benzene rings is 3. The number of esters is 1. The number of ether oxygens (including phenoxy) is 1. The normalized spacial score (nSPS) is 10.7. The lowest BCUT2D eigenvalue weighted by Gasteiger charge is -2.06. The van der Waals surface area contributed by atoms with Crippen molar-refractivity contribution in [2.45, 2.75) is 0 Å². The van der Waals surface area contributed by atoms with Crippen LogP contribution in [0.25, 0.3) is 0 Å². The van der Waals surface area contributed by atoms with Crippen LogP contribution >= 0.6 is 39.1 Å². The molecule has 29 heavy (non-hydrogen) atoms. The standard InChI is InChI=1S/C21H13BrCl2N2O3/c22-15-5-3-14(4-6-15)20(27)26-25-12-13-1-8-17(9-2-13)29-21(28)18-10-7-16(23)11-19(18)24/h1-12H,(H,26,27)/b25-12+. The third kappa shape index (κ3) is 5.90. The van der Waals surface area contributed by atoms with Gasteiger partial charge in [0.05, 0.1) is 16.8 Å². The molecular formula is C21H13BrCl2N2O3. The number of nitrogens with zero attached hydrogens (tertiary/aromatic N) is 1. The summed E-state index contributed by atoms with van der Waals surface area (Å²) in [5, 5.41) is 4.57. The Balaban J connectivity index is 1.58. The van der Waals surface area contributed by atoms with Crippen LogP contribution in [0.4, 0.5) is 0 Å². The highest BCUT2D eigenvalue weighted by atomic mass is 79.9. The van der Waals surface area contributed by atoms with Gasteiger partial charge in [0.15, 0.2) is 0 Å². The average molecular weight is 492 g/mol. The van der Waals surface area contributed by atoms with E-state index in [-0.39, 0.29) is 16.5 Å². The first-order valence-electron chi connectivity index (χ1n) is 8.28. The molecule has 146 valence electrons. The number of amides is 1. The third-order valence-electron chi connectivity index (χ3n) is 3.73. The maximum atomic E-state index is 12.2. The number of halogens is 3. The molecule has 3 rings (SSSR count). The van der Waals surface area contributed by atoms with Gasteiger partial charge >= 0.3 is 5.97 Å². The molecule has 0 saturated carbocycles. The summed E-state index contributed by atoms with van der Waals surface area (Å²) in [5.41, 5.74) is 3.88. The van der Waals surface area contributed by atoms with E-state index in [1.165, 1.54) is 18.3 Å². The number of carbonyl (C=O) groups excluding carboxylic acids is 2. The van der Waals surface area contributed by atoms with Crippen LogP contribution in [0.15, 0.2) is 76.3 Å². The number of hydrogen-bond donors (Lipinski definition) is 1. The zero-order chi connectivity index (χ0) is 20.8. The first-order chi connectivity index (χ1) is 13.9. The van der Waals surface area contributed by atoms with E-state index >= 15 is 0 Å². The summed E-state index contributed by atoms with van der Waals surface area (Å²) in [5.74, 6) is -0.564. The Morgan fingerprint density at radius 1 is 0.966 bits per heavy atom. The minimum absolute atomic E-state index is 0.216. The smallest absolute Gasteiger partial charge is 0.345 e. The summed E-state index contributed by atoms with van der Waals surface area (Å²) in [7, 11) is 0. The van der Waals surface area contributed by atoms with Crippen LogP contribution in [-0.2, 0) is 0 Å². The highest BCUT2D eigenvalue weighted by molar-refractivity contribution is 9.10. The molecule has 0 heterocycles. The van der Waals surface area contributed by atoms with E-state index in [2.05, 4.69) is 26.5 Å². The number of hydrogen-bond acceptors (Lipinski definition) is 4. The highest BCUT2D eigenvalue weighted by Gasteiger charge is 2.13. The molecule has 0 atom stereocenters. The lowest BCUT2D eigenvalue weighted by Crippen LogP contribution is -2.17. The molecule has 0 spiro atoms. The van der Waals surface area contributed by atoms with Crippen LogP contribution in [0.5, 0.6) is 5.75 Å². The second-order valence-electron chi connectivity index (χ2n) is 5.79. The fourth-order valence-corrected chi connectivity index (χ4v) is 3.02. The molecule has 0 aliphatic heterocycles. The third-order valence-corrected chi connectivity index (χ3v) is 4.80. The van der Waals surface area contributed by atoms with Gasteiger partial charge in [-0.1, -0.05) is 39.1 Å². The first-order valence-corrected chi connectivity index (χ1v) is 9.83. The summed E-state index contributed by atoms with van der Waals surface area (Å²) in [4.78, 5) is 24.2. The van der Waals surface area contributed by atoms with Gasteiger partial charge in [-0.3, -0.25) is 4.79 Å². The minimum atomic E-state index is -0.588. The molecule has 8 heteroatoms.